The molecule has 1 aromatic carbocycles. The van der Waals surface area contributed by atoms with E-state index in [2.05, 4.69) is 47.3 Å². The molecule has 20 heavy (non-hydrogen) atoms. The van der Waals surface area contributed by atoms with E-state index in [1.54, 1.807) is 0 Å². The highest BCUT2D eigenvalue weighted by atomic mass is 16.5. The van der Waals surface area contributed by atoms with Gasteiger partial charge in [0.1, 0.15) is 0 Å². The monoisotopic (exact) mass is 272 g/mol. The molecule has 3 nitrogen and oxygen atoms in total. The first kappa shape index (κ1) is 13.7. The molecule has 1 fully saturated rings. The van der Waals surface area contributed by atoms with Gasteiger partial charge in [-0.3, -0.25) is 0 Å². The van der Waals surface area contributed by atoms with Gasteiger partial charge in [-0.25, -0.2) is 0 Å². The summed E-state index contributed by atoms with van der Waals surface area (Å²) in [5, 5.41) is 4.93. The topological polar surface area (TPSA) is 26.2 Å². The minimum atomic E-state index is 0.416. The first-order valence-corrected chi connectivity index (χ1v) is 7.77. The van der Waals surface area contributed by atoms with Gasteiger partial charge in [0.2, 0.25) is 0 Å². The molecule has 0 aliphatic carbocycles. The summed E-state index contributed by atoms with van der Waals surface area (Å²) in [6.45, 7) is 6.14. The summed E-state index contributed by atoms with van der Waals surface area (Å²) in [5.74, 6) is 0. The zero-order valence-electron chi connectivity index (χ0n) is 12.3. The number of hydrogen-bond donors (Lipinski definition) is 1. The molecule has 1 saturated heterocycles. The van der Waals surface area contributed by atoms with E-state index < -0.39 is 0 Å². The maximum absolute atomic E-state index is 5.65. The average Bonchev–Trinajstić information content (AvgIpc) is 3.09. The van der Waals surface area contributed by atoms with Crippen LogP contribution in [0.1, 0.15) is 31.7 Å². The normalized spacial score (nSPS) is 18.9. The number of fused-ring (bicyclic) bond motifs is 1. The van der Waals surface area contributed by atoms with Gasteiger partial charge in [-0.2, -0.15) is 0 Å². The van der Waals surface area contributed by atoms with E-state index in [0.717, 1.165) is 26.2 Å². The molecule has 1 atom stereocenters. The lowest BCUT2D eigenvalue weighted by molar-refractivity contribution is 0.110. The Bertz CT molecular complexity index is 555. The molecular weight excluding hydrogens is 248 g/mol. The van der Waals surface area contributed by atoms with E-state index in [1.165, 1.54) is 35.7 Å². The third-order valence-electron chi connectivity index (χ3n) is 4.05. The van der Waals surface area contributed by atoms with Gasteiger partial charge in [0, 0.05) is 43.3 Å². The smallest absolute Gasteiger partial charge is 0.0700 e. The number of aryl methyl sites for hydroxylation is 1. The zero-order chi connectivity index (χ0) is 13.8. The molecule has 108 valence electrons. The van der Waals surface area contributed by atoms with Gasteiger partial charge >= 0.3 is 0 Å². The molecule has 0 radical (unpaired) electrons. The van der Waals surface area contributed by atoms with E-state index in [1.807, 2.05) is 0 Å². The Morgan fingerprint density at radius 1 is 1.35 bits per heavy atom. The molecule has 2 aromatic rings. The SMILES string of the molecule is CCCn1cc(CNCC2CCCO2)c2ccccc21. The predicted octanol–water partition coefficient (Wildman–Crippen LogP) is 3.32. The van der Waals surface area contributed by atoms with E-state index in [4.69, 9.17) is 4.74 Å². The Labute approximate surface area is 120 Å². The van der Waals surface area contributed by atoms with E-state index >= 15 is 0 Å². The van der Waals surface area contributed by atoms with Crippen LogP contribution in [0.2, 0.25) is 0 Å². The van der Waals surface area contributed by atoms with Crippen molar-refractivity contribution >= 4 is 10.9 Å². The van der Waals surface area contributed by atoms with E-state index in [-0.39, 0.29) is 0 Å². The molecule has 0 spiro atoms. The first-order chi connectivity index (χ1) is 9.88. The minimum Gasteiger partial charge on any atom is -0.377 e. The highest BCUT2D eigenvalue weighted by Gasteiger charge is 2.15. The van der Waals surface area contributed by atoms with E-state index in [9.17, 15) is 0 Å². The molecule has 2 heterocycles. The van der Waals surface area contributed by atoms with Crippen LogP contribution in [0.4, 0.5) is 0 Å². The van der Waals surface area contributed by atoms with Crippen molar-refractivity contribution in [3.63, 3.8) is 0 Å². The van der Waals surface area contributed by atoms with E-state index in [0.29, 0.717) is 6.10 Å². The summed E-state index contributed by atoms with van der Waals surface area (Å²) >= 11 is 0. The fourth-order valence-electron chi connectivity index (χ4n) is 3.06. The number of aromatic nitrogens is 1. The second-order valence-corrected chi connectivity index (χ2v) is 5.63. The summed E-state index contributed by atoms with van der Waals surface area (Å²) < 4.78 is 8.03. The van der Waals surface area contributed by atoms with Gasteiger partial charge in [-0.1, -0.05) is 25.1 Å². The number of nitrogens with one attached hydrogen (secondary N) is 1. The molecule has 1 N–H and O–H groups in total. The Morgan fingerprint density at radius 3 is 3.05 bits per heavy atom. The molecule has 0 saturated carbocycles. The minimum absolute atomic E-state index is 0.416. The number of benzene rings is 1. The quantitative estimate of drug-likeness (QED) is 0.873. The van der Waals surface area contributed by atoms with Gasteiger partial charge < -0.3 is 14.6 Å². The molecular formula is C17H24N2O. The molecule has 3 heteroatoms. The molecule has 1 unspecified atom stereocenters. The van der Waals surface area contributed by atoms with Gasteiger partial charge in [0.05, 0.1) is 6.10 Å². The second kappa shape index (κ2) is 6.42. The van der Waals surface area contributed by atoms with Crippen LogP contribution in [-0.2, 0) is 17.8 Å². The number of para-hydroxylation sites is 1. The van der Waals surface area contributed by atoms with Crippen LogP contribution in [0.5, 0.6) is 0 Å². The third kappa shape index (κ3) is 2.89. The van der Waals surface area contributed by atoms with Crippen LogP contribution in [0.3, 0.4) is 0 Å². The summed E-state index contributed by atoms with van der Waals surface area (Å²) in [6, 6.07) is 8.69. The number of rotatable bonds is 6. The van der Waals surface area contributed by atoms with Crippen molar-refractivity contribution in [1.29, 1.82) is 0 Å². The van der Waals surface area contributed by atoms with Crippen molar-refractivity contribution < 1.29 is 4.74 Å². The van der Waals surface area contributed by atoms with Crippen molar-refractivity contribution in [2.75, 3.05) is 13.2 Å². The lowest BCUT2D eigenvalue weighted by Crippen LogP contribution is -2.25. The third-order valence-corrected chi connectivity index (χ3v) is 4.05. The molecule has 1 aliphatic heterocycles. The van der Waals surface area contributed by atoms with Crippen molar-refractivity contribution in [1.82, 2.24) is 9.88 Å². The maximum Gasteiger partial charge on any atom is 0.0700 e. The van der Waals surface area contributed by atoms with Gasteiger partial charge in [0.25, 0.3) is 0 Å². The van der Waals surface area contributed by atoms with Crippen LogP contribution in [0.25, 0.3) is 10.9 Å². The van der Waals surface area contributed by atoms with Gasteiger partial charge in [-0.15, -0.1) is 0 Å². The fourth-order valence-corrected chi connectivity index (χ4v) is 3.06. The predicted molar refractivity (Wildman–Crippen MR) is 82.9 cm³/mol. The van der Waals surface area contributed by atoms with Gasteiger partial charge in [0.15, 0.2) is 0 Å². The lowest BCUT2D eigenvalue weighted by Gasteiger charge is -2.10. The summed E-state index contributed by atoms with van der Waals surface area (Å²) in [5.41, 5.74) is 2.75. The maximum atomic E-state index is 5.65. The Morgan fingerprint density at radius 2 is 2.25 bits per heavy atom. The number of hydrogen-bond acceptors (Lipinski definition) is 2. The van der Waals surface area contributed by atoms with Crippen LogP contribution in [0.15, 0.2) is 30.5 Å². The molecule has 1 aromatic heterocycles. The summed E-state index contributed by atoms with van der Waals surface area (Å²) in [7, 11) is 0. The Kier molecular flexibility index (Phi) is 4.38. The van der Waals surface area contributed by atoms with Crippen LogP contribution < -0.4 is 5.32 Å². The van der Waals surface area contributed by atoms with Crippen molar-refractivity contribution in [3.05, 3.63) is 36.0 Å². The lowest BCUT2D eigenvalue weighted by atomic mass is 10.1. The van der Waals surface area contributed by atoms with Crippen LogP contribution in [-0.4, -0.2) is 23.8 Å². The number of nitrogens with zero attached hydrogens (tertiary/aromatic N) is 1. The molecule has 3 rings (SSSR count). The molecule has 1 aliphatic rings. The fraction of sp³-hybridized carbons (Fsp3) is 0.529. The summed E-state index contributed by atoms with van der Waals surface area (Å²) in [6.07, 6.45) is 6.30. The number of ether oxygens (including phenoxy) is 1. The van der Waals surface area contributed by atoms with Crippen LogP contribution >= 0.6 is 0 Å². The highest BCUT2D eigenvalue weighted by Crippen LogP contribution is 2.21. The van der Waals surface area contributed by atoms with Crippen molar-refractivity contribution in [2.24, 2.45) is 0 Å². The standard InChI is InChI=1S/C17H24N2O/c1-2-9-19-13-14(16-7-3-4-8-17(16)19)11-18-12-15-6-5-10-20-15/h3-4,7-8,13,15,18H,2,5-6,9-12H2,1H3. The average molecular weight is 272 g/mol. The first-order valence-electron chi connectivity index (χ1n) is 7.77. The zero-order valence-corrected chi connectivity index (χ0v) is 12.3. The Balaban J connectivity index is 1.70. The highest BCUT2D eigenvalue weighted by molar-refractivity contribution is 5.83. The molecule has 0 bridgehead atoms. The van der Waals surface area contributed by atoms with Crippen molar-refractivity contribution in [2.45, 2.75) is 45.4 Å². The Hall–Kier alpha value is -1.32. The van der Waals surface area contributed by atoms with Gasteiger partial charge in [-0.05, 0) is 30.9 Å². The van der Waals surface area contributed by atoms with Crippen molar-refractivity contribution in [3.8, 4) is 0 Å². The van der Waals surface area contributed by atoms with Crippen LogP contribution in [0, 0.1) is 0 Å². The molecule has 0 amide bonds. The summed E-state index contributed by atoms with van der Waals surface area (Å²) in [4.78, 5) is 0. The second-order valence-electron chi connectivity index (χ2n) is 5.63. The largest absolute Gasteiger partial charge is 0.377 e.